The van der Waals surface area contributed by atoms with E-state index in [1.54, 1.807) is 0 Å². The molecule has 4 heteroatoms. The molecule has 0 saturated heterocycles. The number of hydrogen-bond acceptors (Lipinski definition) is 2. The molecule has 1 aliphatic rings. The lowest BCUT2D eigenvalue weighted by atomic mass is 9.86. The van der Waals surface area contributed by atoms with Crippen molar-refractivity contribution < 1.29 is 4.79 Å². The van der Waals surface area contributed by atoms with Gasteiger partial charge in [0, 0.05) is 16.3 Å². The summed E-state index contributed by atoms with van der Waals surface area (Å²) in [4.78, 5) is 13.2. The Morgan fingerprint density at radius 2 is 1.56 bits per heavy atom. The standard InChI is InChI=1S/C27H29ClN2O.C3H6/c1-7-19-8-11-21(12-9-19)29-24-13-10-20(27(4,5)6)16-25(24)30-26(31)22-14-18(3)23(28)15-17(22)2;1-2-3-1/h7-16,29H,1H2,2-6H3,(H,30,31);1-3H2. The summed E-state index contributed by atoms with van der Waals surface area (Å²) in [5, 5.41) is 7.19. The summed E-state index contributed by atoms with van der Waals surface area (Å²) in [6.45, 7) is 14.1. The molecule has 0 spiro atoms. The molecule has 3 aromatic rings. The SMILES string of the molecule is C1CC1.C=Cc1ccc(Nc2ccc(C(C)(C)C)cc2NC(=O)c2cc(C)c(Cl)cc2C)cc1. The van der Waals surface area contributed by atoms with Gasteiger partial charge in [0.1, 0.15) is 0 Å². The maximum Gasteiger partial charge on any atom is 0.255 e. The monoisotopic (exact) mass is 474 g/mol. The van der Waals surface area contributed by atoms with Crippen LogP contribution < -0.4 is 10.6 Å². The van der Waals surface area contributed by atoms with Crippen molar-refractivity contribution in [3.8, 4) is 0 Å². The van der Waals surface area contributed by atoms with Gasteiger partial charge in [0.15, 0.2) is 0 Å². The lowest BCUT2D eigenvalue weighted by Crippen LogP contribution is -2.17. The van der Waals surface area contributed by atoms with Crippen LogP contribution in [0.3, 0.4) is 0 Å². The third kappa shape index (κ3) is 6.98. The van der Waals surface area contributed by atoms with Crippen LogP contribution in [0, 0.1) is 13.8 Å². The van der Waals surface area contributed by atoms with E-state index in [2.05, 4.69) is 44.1 Å². The van der Waals surface area contributed by atoms with E-state index in [-0.39, 0.29) is 11.3 Å². The minimum absolute atomic E-state index is 0.0452. The van der Waals surface area contributed by atoms with Gasteiger partial charge in [-0.05, 0) is 77.9 Å². The summed E-state index contributed by atoms with van der Waals surface area (Å²) in [6.07, 6.45) is 6.31. The van der Waals surface area contributed by atoms with E-state index in [9.17, 15) is 4.79 Å². The van der Waals surface area contributed by atoms with Gasteiger partial charge in [0.25, 0.3) is 5.91 Å². The molecule has 1 aliphatic carbocycles. The number of benzene rings is 3. The largest absolute Gasteiger partial charge is 0.354 e. The maximum atomic E-state index is 13.2. The van der Waals surface area contributed by atoms with E-state index in [4.69, 9.17) is 11.6 Å². The predicted octanol–water partition coefficient (Wildman–Crippen LogP) is 9.06. The lowest BCUT2D eigenvalue weighted by molar-refractivity contribution is 0.102. The van der Waals surface area contributed by atoms with Gasteiger partial charge >= 0.3 is 0 Å². The first-order chi connectivity index (χ1) is 16.1. The van der Waals surface area contributed by atoms with Crippen LogP contribution in [-0.2, 0) is 5.41 Å². The van der Waals surface area contributed by atoms with Gasteiger partial charge in [-0.2, -0.15) is 0 Å². The molecule has 0 aliphatic heterocycles. The van der Waals surface area contributed by atoms with Gasteiger partial charge in [-0.25, -0.2) is 0 Å². The van der Waals surface area contributed by atoms with Crippen LogP contribution in [0.25, 0.3) is 6.08 Å². The Balaban J connectivity index is 0.000000999. The lowest BCUT2D eigenvalue weighted by Gasteiger charge is -2.22. The molecular weight excluding hydrogens is 440 g/mol. The van der Waals surface area contributed by atoms with Crippen LogP contribution in [0.2, 0.25) is 5.02 Å². The molecule has 4 rings (SSSR count). The van der Waals surface area contributed by atoms with Gasteiger partial charge < -0.3 is 10.6 Å². The summed E-state index contributed by atoms with van der Waals surface area (Å²) in [7, 11) is 0. The molecule has 2 N–H and O–H groups in total. The molecule has 1 amide bonds. The molecule has 3 aromatic carbocycles. The molecule has 0 bridgehead atoms. The average Bonchev–Trinajstić information content (AvgIpc) is 3.67. The van der Waals surface area contributed by atoms with E-state index in [0.717, 1.165) is 39.3 Å². The molecule has 0 radical (unpaired) electrons. The van der Waals surface area contributed by atoms with Crippen LogP contribution in [0.5, 0.6) is 0 Å². The highest BCUT2D eigenvalue weighted by molar-refractivity contribution is 6.31. The molecule has 178 valence electrons. The Morgan fingerprint density at radius 1 is 0.912 bits per heavy atom. The number of nitrogens with one attached hydrogen (secondary N) is 2. The van der Waals surface area contributed by atoms with Crippen LogP contribution in [-0.4, -0.2) is 5.91 Å². The molecule has 0 aromatic heterocycles. The number of halogens is 1. The molecule has 34 heavy (non-hydrogen) atoms. The normalized spacial score (nSPS) is 12.3. The molecule has 0 heterocycles. The Morgan fingerprint density at radius 3 is 2.12 bits per heavy atom. The van der Waals surface area contributed by atoms with Gasteiger partial charge in [0.2, 0.25) is 0 Å². The third-order valence-corrected chi connectivity index (χ3v) is 6.07. The average molecular weight is 475 g/mol. The zero-order valence-corrected chi connectivity index (χ0v) is 21.6. The summed E-state index contributed by atoms with van der Waals surface area (Å²) in [5.74, 6) is -0.159. The first kappa shape index (κ1) is 25.6. The fourth-order valence-corrected chi connectivity index (χ4v) is 3.51. The second-order valence-corrected chi connectivity index (χ2v) is 10.3. The van der Waals surface area contributed by atoms with Crippen LogP contribution in [0.15, 0.2) is 61.2 Å². The number of carbonyl (C=O) groups is 1. The van der Waals surface area contributed by atoms with Crippen LogP contribution >= 0.6 is 11.6 Å². The second-order valence-electron chi connectivity index (χ2n) is 9.89. The zero-order valence-electron chi connectivity index (χ0n) is 20.9. The van der Waals surface area contributed by atoms with E-state index < -0.39 is 0 Å². The molecular formula is C30H35ClN2O. The topological polar surface area (TPSA) is 41.1 Å². The smallest absolute Gasteiger partial charge is 0.255 e. The van der Waals surface area contributed by atoms with Crippen molar-refractivity contribution in [3.63, 3.8) is 0 Å². The second kappa shape index (κ2) is 10.9. The first-order valence-corrected chi connectivity index (χ1v) is 12.2. The number of carbonyl (C=O) groups excluding carboxylic acids is 1. The van der Waals surface area contributed by atoms with E-state index in [1.807, 2.05) is 68.5 Å². The quantitative estimate of drug-likeness (QED) is 0.387. The number of aryl methyl sites for hydroxylation is 2. The van der Waals surface area contributed by atoms with Gasteiger partial charge in [-0.3, -0.25) is 4.79 Å². The number of amides is 1. The summed E-state index contributed by atoms with van der Waals surface area (Å²) >= 11 is 6.21. The highest BCUT2D eigenvalue weighted by atomic mass is 35.5. The van der Waals surface area contributed by atoms with Crippen molar-refractivity contribution in [2.45, 2.75) is 59.3 Å². The fourth-order valence-electron chi connectivity index (χ4n) is 3.30. The van der Waals surface area contributed by atoms with Crippen molar-refractivity contribution in [1.29, 1.82) is 0 Å². The van der Waals surface area contributed by atoms with Crippen molar-refractivity contribution in [3.05, 3.63) is 94.0 Å². The zero-order chi connectivity index (χ0) is 24.9. The molecule has 1 fully saturated rings. The number of anilines is 3. The van der Waals surface area contributed by atoms with E-state index in [1.165, 1.54) is 19.3 Å². The molecule has 1 saturated carbocycles. The van der Waals surface area contributed by atoms with Crippen LogP contribution in [0.1, 0.15) is 72.6 Å². The summed E-state index contributed by atoms with van der Waals surface area (Å²) in [5.41, 5.74) is 6.98. The number of hydrogen-bond donors (Lipinski definition) is 2. The van der Waals surface area contributed by atoms with Gasteiger partial charge in [-0.1, -0.05) is 82.5 Å². The van der Waals surface area contributed by atoms with E-state index in [0.29, 0.717) is 10.6 Å². The van der Waals surface area contributed by atoms with Crippen molar-refractivity contribution >= 4 is 40.6 Å². The third-order valence-electron chi connectivity index (χ3n) is 5.66. The molecule has 3 nitrogen and oxygen atoms in total. The highest BCUT2D eigenvalue weighted by Gasteiger charge is 2.18. The first-order valence-electron chi connectivity index (χ1n) is 11.8. The van der Waals surface area contributed by atoms with Gasteiger partial charge in [-0.15, -0.1) is 0 Å². The summed E-state index contributed by atoms with van der Waals surface area (Å²) in [6, 6.07) is 17.8. The Bertz CT molecular complexity index is 1170. The number of rotatable bonds is 5. The van der Waals surface area contributed by atoms with Crippen molar-refractivity contribution in [2.24, 2.45) is 0 Å². The molecule has 0 atom stereocenters. The van der Waals surface area contributed by atoms with Gasteiger partial charge in [0.05, 0.1) is 11.4 Å². The van der Waals surface area contributed by atoms with E-state index >= 15 is 0 Å². The van der Waals surface area contributed by atoms with Crippen molar-refractivity contribution in [2.75, 3.05) is 10.6 Å². The minimum Gasteiger partial charge on any atom is -0.354 e. The maximum absolute atomic E-state index is 13.2. The Hall–Kier alpha value is -3.04. The fraction of sp³-hybridized carbons (Fsp3) is 0.300. The Kier molecular flexibility index (Phi) is 8.22. The highest BCUT2D eigenvalue weighted by Crippen LogP contribution is 2.33. The Labute approximate surface area is 209 Å². The predicted molar refractivity (Wildman–Crippen MR) is 148 cm³/mol. The van der Waals surface area contributed by atoms with Crippen molar-refractivity contribution in [1.82, 2.24) is 0 Å². The molecule has 0 unspecified atom stereocenters. The summed E-state index contributed by atoms with van der Waals surface area (Å²) < 4.78 is 0. The van der Waals surface area contributed by atoms with Crippen LogP contribution in [0.4, 0.5) is 17.1 Å². The minimum atomic E-state index is -0.159.